The lowest BCUT2D eigenvalue weighted by atomic mass is 10.2. The van der Waals surface area contributed by atoms with Crippen LogP contribution in [0.2, 0.25) is 0 Å². The van der Waals surface area contributed by atoms with Crippen LogP contribution >= 0.6 is 0 Å². The number of oxazole rings is 1. The van der Waals surface area contributed by atoms with Crippen LogP contribution in [0.3, 0.4) is 0 Å². The van der Waals surface area contributed by atoms with Crippen molar-refractivity contribution in [2.45, 2.75) is 18.9 Å². The molecule has 2 heterocycles. The maximum Gasteiger partial charge on any atom is 0.357 e. The Hall–Kier alpha value is -1.56. The summed E-state index contributed by atoms with van der Waals surface area (Å²) < 4.78 is 10.5. The summed E-state index contributed by atoms with van der Waals surface area (Å²) in [5.41, 5.74) is -0.0748. The minimum absolute atomic E-state index is 0.0748. The predicted molar refractivity (Wildman–Crippen MR) is 55.7 cm³/mol. The van der Waals surface area contributed by atoms with E-state index < -0.39 is 5.97 Å². The third-order valence-electron chi connectivity index (χ3n) is 2.54. The summed E-state index contributed by atoms with van der Waals surface area (Å²) >= 11 is 0. The fraction of sp³-hybridized carbons (Fsp3) is 0.600. The Bertz CT molecular complexity index is 371. The van der Waals surface area contributed by atoms with Gasteiger partial charge in [0.15, 0.2) is 5.69 Å². The quantitative estimate of drug-likeness (QED) is 0.825. The van der Waals surface area contributed by atoms with E-state index in [0.29, 0.717) is 12.6 Å². The van der Waals surface area contributed by atoms with Gasteiger partial charge in [-0.2, -0.15) is 4.98 Å². The number of carboxylic acid groups (broad SMARTS) is 1. The molecule has 1 unspecified atom stereocenters. The van der Waals surface area contributed by atoms with E-state index in [0.717, 1.165) is 25.7 Å². The van der Waals surface area contributed by atoms with Crippen molar-refractivity contribution >= 4 is 12.0 Å². The Morgan fingerprint density at radius 2 is 2.56 bits per heavy atom. The highest BCUT2D eigenvalue weighted by atomic mass is 16.5. The van der Waals surface area contributed by atoms with Gasteiger partial charge in [0, 0.05) is 20.2 Å². The summed E-state index contributed by atoms with van der Waals surface area (Å²) in [5, 5.41) is 8.70. The summed E-state index contributed by atoms with van der Waals surface area (Å²) in [4.78, 5) is 16.2. The highest BCUT2D eigenvalue weighted by Gasteiger charge is 2.20. The molecule has 2 rings (SSSR count). The number of likely N-dealkylation sites (N-methyl/N-ethyl adjacent to an activating group) is 1. The van der Waals surface area contributed by atoms with Crippen molar-refractivity contribution < 1.29 is 19.1 Å². The molecule has 1 aliphatic heterocycles. The molecule has 1 fully saturated rings. The number of hydrogen-bond donors (Lipinski definition) is 1. The number of anilines is 1. The van der Waals surface area contributed by atoms with E-state index in [1.807, 2.05) is 0 Å². The van der Waals surface area contributed by atoms with Gasteiger partial charge in [0.1, 0.15) is 6.26 Å². The monoisotopic (exact) mass is 226 g/mol. The lowest BCUT2D eigenvalue weighted by Gasteiger charge is -2.18. The van der Waals surface area contributed by atoms with Crippen LogP contribution in [0.5, 0.6) is 0 Å². The van der Waals surface area contributed by atoms with E-state index in [9.17, 15) is 4.79 Å². The van der Waals surface area contributed by atoms with Crippen LogP contribution in [0, 0.1) is 0 Å². The maximum atomic E-state index is 10.6. The molecule has 1 saturated heterocycles. The fourth-order valence-corrected chi connectivity index (χ4v) is 1.71. The van der Waals surface area contributed by atoms with Gasteiger partial charge < -0.3 is 19.2 Å². The van der Waals surface area contributed by atoms with Crippen LogP contribution in [-0.2, 0) is 4.74 Å². The molecular formula is C10H14N2O4. The highest BCUT2D eigenvalue weighted by molar-refractivity contribution is 5.85. The first kappa shape index (κ1) is 10.9. The summed E-state index contributed by atoms with van der Waals surface area (Å²) in [5.74, 6) is -1.08. The van der Waals surface area contributed by atoms with E-state index in [1.165, 1.54) is 0 Å². The molecule has 16 heavy (non-hydrogen) atoms. The van der Waals surface area contributed by atoms with Crippen molar-refractivity contribution in [3.05, 3.63) is 12.0 Å². The van der Waals surface area contributed by atoms with Crippen LogP contribution in [0.4, 0.5) is 6.01 Å². The Kier molecular flexibility index (Phi) is 3.09. The number of aromatic carboxylic acids is 1. The third kappa shape index (κ3) is 2.33. The maximum absolute atomic E-state index is 10.6. The Morgan fingerprint density at radius 3 is 3.12 bits per heavy atom. The van der Waals surface area contributed by atoms with E-state index in [-0.39, 0.29) is 11.8 Å². The lowest BCUT2D eigenvalue weighted by Crippen LogP contribution is -2.28. The lowest BCUT2D eigenvalue weighted by molar-refractivity contribution is 0.0690. The zero-order chi connectivity index (χ0) is 11.5. The van der Waals surface area contributed by atoms with Crippen LogP contribution in [0.1, 0.15) is 23.3 Å². The number of rotatable bonds is 4. The van der Waals surface area contributed by atoms with Gasteiger partial charge in [0.25, 0.3) is 6.01 Å². The topological polar surface area (TPSA) is 75.8 Å². The number of ether oxygens (including phenoxy) is 1. The zero-order valence-corrected chi connectivity index (χ0v) is 9.05. The van der Waals surface area contributed by atoms with Gasteiger partial charge in [-0.15, -0.1) is 0 Å². The van der Waals surface area contributed by atoms with Gasteiger partial charge in [-0.05, 0) is 12.8 Å². The molecule has 1 atom stereocenters. The Balaban J connectivity index is 1.96. The molecule has 0 amide bonds. The molecule has 1 aromatic heterocycles. The first-order valence-electron chi connectivity index (χ1n) is 5.18. The molecule has 0 saturated carbocycles. The van der Waals surface area contributed by atoms with E-state index in [1.54, 1.807) is 11.9 Å². The molecule has 0 bridgehead atoms. The van der Waals surface area contributed by atoms with Gasteiger partial charge in [-0.3, -0.25) is 0 Å². The van der Waals surface area contributed by atoms with E-state index in [2.05, 4.69) is 4.98 Å². The van der Waals surface area contributed by atoms with Gasteiger partial charge in [0.2, 0.25) is 0 Å². The first-order chi connectivity index (χ1) is 7.66. The highest BCUT2D eigenvalue weighted by Crippen LogP contribution is 2.17. The van der Waals surface area contributed by atoms with Crippen LogP contribution in [0.15, 0.2) is 10.7 Å². The average molecular weight is 226 g/mol. The largest absolute Gasteiger partial charge is 0.476 e. The Morgan fingerprint density at radius 1 is 1.75 bits per heavy atom. The summed E-state index contributed by atoms with van der Waals surface area (Å²) in [7, 11) is 1.80. The molecule has 0 aliphatic carbocycles. The second-order valence-corrected chi connectivity index (χ2v) is 3.84. The molecular weight excluding hydrogens is 212 g/mol. The van der Waals surface area contributed by atoms with Crippen molar-refractivity contribution in [3.63, 3.8) is 0 Å². The molecule has 0 aromatic carbocycles. The van der Waals surface area contributed by atoms with Gasteiger partial charge in [0.05, 0.1) is 6.10 Å². The van der Waals surface area contributed by atoms with Crippen molar-refractivity contribution in [1.29, 1.82) is 0 Å². The Labute approximate surface area is 92.8 Å². The van der Waals surface area contributed by atoms with E-state index >= 15 is 0 Å². The van der Waals surface area contributed by atoms with Gasteiger partial charge in [-0.25, -0.2) is 4.79 Å². The zero-order valence-electron chi connectivity index (χ0n) is 9.05. The van der Waals surface area contributed by atoms with Crippen LogP contribution in [-0.4, -0.2) is 42.4 Å². The van der Waals surface area contributed by atoms with Gasteiger partial charge in [-0.1, -0.05) is 0 Å². The number of aromatic nitrogens is 1. The van der Waals surface area contributed by atoms with Crippen LogP contribution in [0.25, 0.3) is 0 Å². The average Bonchev–Trinajstić information content (AvgIpc) is 2.86. The summed E-state index contributed by atoms with van der Waals surface area (Å²) in [6.07, 6.45) is 3.43. The molecule has 88 valence electrons. The standard InChI is InChI=1S/C10H14N2O4/c1-12(5-7-3-2-4-15-7)10-11-8(6-16-10)9(13)14/h6-7H,2-5H2,1H3,(H,13,14). The first-order valence-corrected chi connectivity index (χ1v) is 5.18. The molecule has 1 aliphatic rings. The number of nitrogens with zero attached hydrogens (tertiary/aromatic N) is 2. The minimum atomic E-state index is -1.08. The number of hydrogen-bond acceptors (Lipinski definition) is 5. The van der Waals surface area contributed by atoms with Crippen molar-refractivity contribution in [1.82, 2.24) is 4.98 Å². The molecule has 0 spiro atoms. The minimum Gasteiger partial charge on any atom is -0.476 e. The summed E-state index contributed by atoms with van der Waals surface area (Å²) in [6, 6.07) is 0.313. The second-order valence-electron chi connectivity index (χ2n) is 3.84. The third-order valence-corrected chi connectivity index (χ3v) is 2.54. The molecule has 6 heteroatoms. The van der Waals surface area contributed by atoms with Crippen molar-refractivity contribution in [3.8, 4) is 0 Å². The van der Waals surface area contributed by atoms with E-state index in [4.69, 9.17) is 14.3 Å². The number of carbonyl (C=O) groups is 1. The van der Waals surface area contributed by atoms with Crippen molar-refractivity contribution in [2.24, 2.45) is 0 Å². The van der Waals surface area contributed by atoms with Crippen molar-refractivity contribution in [2.75, 3.05) is 25.1 Å². The van der Waals surface area contributed by atoms with Gasteiger partial charge >= 0.3 is 5.97 Å². The number of carboxylic acids is 1. The predicted octanol–water partition coefficient (Wildman–Crippen LogP) is 0.988. The molecule has 6 nitrogen and oxygen atoms in total. The second kappa shape index (κ2) is 4.52. The normalized spacial score (nSPS) is 19.9. The summed E-state index contributed by atoms with van der Waals surface area (Å²) in [6.45, 7) is 1.46. The smallest absolute Gasteiger partial charge is 0.357 e. The molecule has 1 N–H and O–H groups in total. The molecule has 0 radical (unpaired) electrons. The SMILES string of the molecule is CN(CC1CCCO1)c1nc(C(=O)O)co1. The fourth-order valence-electron chi connectivity index (χ4n) is 1.71. The molecule has 1 aromatic rings. The van der Waals surface area contributed by atoms with Crippen LogP contribution < -0.4 is 4.90 Å².